The van der Waals surface area contributed by atoms with Crippen LogP contribution in [0.25, 0.3) is 0 Å². The molecule has 0 saturated carbocycles. The minimum atomic E-state index is -3.95. The van der Waals surface area contributed by atoms with Crippen LogP contribution in [0.2, 0.25) is 0 Å². The maximum Gasteiger partial charge on any atom is 0.264 e. The highest BCUT2D eigenvalue weighted by Crippen LogP contribution is 2.28. The Kier molecular flexibility index (Phi) is 8.63. The molecule has 0 saturated heterocycles. The third kappa shape index (κ3) is 7.53. The first kappa shape index (κ1) is 25.6. The van der Waals surface area contributed by atoms with Gasteiger partial charge in [0.25, 0.3) is 10.0 Å². The van der Waals surface area contributed by atoms with Gasteiger partial charge in [0.05, 0.1) is 10.6 Å². The lowest BCUT2D eigenvalue weighted by Gasteiger charge is -2.24. The molecule has 180 valence electrons. The molecule has 34 heavy (non-hydrogen) atoms. The predicted molar refractivity (Wildman–Crippen MR) is 139 cm³/mol. The number of sulfonamides is 1. The van der Waals surface area contributed by atoms with Gasteiger partial charge in [-0.1, -0.05) is 57.2 Å². The molecule has 0 spiro atoms. The number of benzene rings is 3. The molecule has 3 aromatic rings. The van der Waals surface area contributed by atoms with Crippen molar-refractivity contribution in [2.75, 3.05) is 23.1 Å². The average molecular weight is 499 g/mol. The largest absolute Gasteiger partial charge is 0.457 e. The van der Waals surface area contributed by atoms with E-state index in [4.69, 9.17) is 4.74 Å². The van der Waals surface area contributed by atoms with Crippen molar-refractivity contribution in [1.82, 2.24) is 5.32 Å². The van der Waals surface area contributed by atoms with Crippen LogP contribution in [0.5, 0.6) is 11.5 Å². The van der Waals surface area contributed by atoms with Gasteiger partial charge < -0.3 is 10.1 Å². The van der Waals surface area contributed by atoms with Crippen molar-refractivity contribution >= 4 is 33.4 Å². The van der Waals surface area contributed by atoms with E-state index < -0.39 is 10.0 Å². The predicted octanol–water partition coefficient (Wildman–Crippen LogP) is 5.32. The Labute approximate surface area is 206 Å². The minimum absolute atomic E-state index is 0.0942. The van der Waals surface area contributed by atoms with Crippen molar-refractivity contribution in [2.24, 2.45) is 0 Å². The third-order valence-corrected chi connectivity index (χ3v) is 7.74. The summed E-state index contributed by atoms with van der Waals surface area (Å²) >= 11 is 1.73. The Morgan fingerprint density at radius 2 is 1.44 bits per heavy atom. The van der Waals surface area contributed by atoms with Crippen LogP contribution in [-0.4, -0.2) is 37.9 Å². The van der Waals surface area contributed by atoms with Crippen molar-refractivity contribution in [1.29, 1.82) is 0 Å². The molecule has 8 heteroatoms. The standard InChI is InChI=1S/C26H30N2O4S2/c1-26(2,3)33-19-18-27-25(29)20-28(34(30,31)24-12-8-5-9-13-24)21-14-16-23(17-15-21)32-22-10-6-4-7-11-22/h4-17H,18-20H2,1-3H3,(H,27,29). The zero-order valence-corrected chi connectivity index (χ0v) is 21.2. The van der Waals surface area contributed by atoms with Crippen LogP contribution in [0, 0.1) is 0 Å². The highest BCUT2D eigenvalue weighted by atomic mass is 32.2. The fraction of sp³-hybridized carbons (Fsp3) is 0.269. The molecular weight excluding hydrogens is 468 g/mol. The average Bonchev–Trinajstić information content (AvgIpc) is 2.81. The summed E-state index contributed by atoms with van der Waals surface area (Å²) in [6.45, 7) is 6.47. The molecule has 0 aliphatic carbocycles. The van der Waals surface area contributed by atoms with Gasteiger partial charge in [0.2, 0.25) is 5.91 Å². The smallest absolute Gasteiger partial charge is 0.264 e. The number of nitrogens with zero attached hydrogens (tertiary/aromatic N) is 1. The number of amides is 1. The van der Waals surface area contributed by atoms with Crippen molar-refractivity contribution < 1.29 is 17.9 Å². The van der Waals surface area contributed by atoms with Crippen LogP contribution in [-0.2, 0) is 14.8 Å². The summed E-state index contributed by atoms with van der Waals surface area (Å²) in [5.41, 5.74) is 0.378. The van der Waals surface area contributed by atoms with E-state index in [2.05, 4.69) is 26.1 Å². The van der Waals surface area contributed by atoms with Gasteiger partial charge in [0.1, 0.15) is 18.0 Å². The molecular formula is C26H30N2O4S2. The first-order chi connectivity index (χ1) is 16.1. The molecule has 6 nitrogen and oxygen atoms in total. The number of carbonyl (C=O) groups is 1. The summed E-state index contributed by atoms with van der Waals surface area (Å²) in [6, 6.07) is 24.1. The molecule has 0 radical (unpaired) electrons. The molecule has 0 fully saturated rings. The van der Waals surface area contributed by atoms with E-state index >= 15 is 0 Å². The van der Waals surface area contributed by atoms with E-state index in [0.717, 1.165) is 10.1 Å². The maximum absolute atomic E-state index is 13.4. The number of carbonyl (C=O) groups excluding carboxylic acids is 1. The van der Waals surface area contributed by atoms with E-state index in [0.29, 0.717) is 23.7 Å². The lowest BCUT2D eigenvalue weighted by atomic mass is 10.3. The van der Waals surface area contributed by atoms with Crippen LogP contribution in [0.3, 0.4) is 0 Å². The van der Waals surface area contributed by atoms with Gasteiger partial charge in [0, 0.05) is 17.0 Å². The third-order valence-electron chi connectivity index (χ3n) is 4.68. The summed E-state index contributed by atoms with van der Waals surface area (Å²) in [5, 5.41) is 2.83. The second kappa shape index (κ2) is 11.4. The van der Waals surface area contributed by atoms with Crippen LogP contribution < -0.4 is 14.4 Å². The molecule has 1 amide bonds. The van der Waals surface area contributed by atoms with Gasteiger partial charge in [0.15, 0.2) is 0 Å². The second-order valence-corrected chi connectivity index (χ2v) is 12.3. The van der Waals surface area contributed by atoms with Crippen LogP contribution >= 0.6 is 11.8 Å². The van der Waals surface area contributed by atoms with Gasteiger partial charge in [-0.2, -0.15) is 11.8 Å². The summed E-state index contributed by atoms with van der Waals surface area (Å²) < 4.78 is 33.9. The molecule has 0 heterocycles. The first-order valence-corrected chi connectivity index (χ1v) is 13.4. The lowest BCUT2D eigenvalue weighted by molar-refractivity contribution is -0.119. The van der Waals surface area contributed by atoms with Crippen molar-refractivity contribution in [3.8, 4) is 11.5 Å². The summed E-state index contributed by atoms with van der Waals surface area (Å²) in [6.07, 6.45) is 0. The van der Waals surface area contributed by atoms with E-state index in [1.165, 1.54) is 12.1 Å². The molecule has 0 bridgehead atoms. The Morgan fingerprint density at radius 1 is 0.882 bits per heavy atom. The number of thioether (sulfide) groups is 1. The highest BCUT2D eigenvalue weighted by molar-refractivity contribution is 8.00. The molecule has 3 rings (SSSR count). The zero-order valence-electron chi connectivity index (χ0n) is 19.6. The van der Waals surface area contributed by atoms with Crippen molar-refractivity contribution in [2.45, 2.75) is 30.4 Å². The molecule has 1 N–H and O–H groups in total. The number of ether oxygens (including phenoxy) is 1. The lowest BCUT2D eigenvalue weighted by Crippen LogP contribution is -2.41. The SMILES string of the molecule is CC(C)(C)SCCNC(=O)CN(c1ccc(Oc2ccccc2)cc1)S(=O)(=O)c1ccccc1. The molecule has 0 unspecified atom stereocenters. The second-order valence-electron chi connectivity index (χ2n) is 8.54. The fourth-order valence-electron chi connectivity index (χ4n) is 3.07. The van der Waals surface area contributed by atoms with E-state index in [1.807, 2.05) is 30.3 Å². The summed E-state index contributed by atoms with van der Waals surface area (Å²) in [5.74, 6) is 1.62. The van der Waals surface area contributed by atoms with Gasteiger partial charge in [-0.3, -0.25) is 9.10 Å². The van der Waals surface area contributed by atoms with E-state index in [9.17, 15) is 13.2 Å². The van der Waals surface area contributed by atoms with Gasteiger partial charge in [-0.25, -0.2) is 8.42 Å². The van der Waals surface area contributed by atoms with Crippen LogP contribution in [0.4, 0.5) is 5.69 Å². The number of rotatable bonds is 10. The molecule has 0 aliphatic rings. The first-order valence-electron chi connectivity index (χ1n) is 11.0. The number of hydrogen-bond acceptors (Lipinski definition) is 5. The number of nitrogens with one attached hydrogen (secondary N) is 1. The zero-order chi connectivity index (χ0) is 24.6. The topological polar surface area (TPSA) is 75.7 Å². The van der Waals surface area contributed by atoms with E-state index in [-0.39, 0.29) is 22.1 Å². The van der Waals surface area contributed by atoms with Crippen LogP contribution in [0.15, 0.2) is 89.8 Å². The van der Waals surface area contributed by atoms with E-state index in [1.54, 1.807) is 54.2 Å². The fourth-order valence-corrected chi connectivity index (χ4v) is 5.33. The molecule has 3 aromatic carbocycles. The van der Waals surface area contributed by atoms with Gasteiger partial charge in [-0.15, -0.1) is 0 Å². The Morgan fingerprint density at radius 3 is 2.03 bits per heavy atom. The molecule has 0 atom stereocenters. The van der Waals surface area contributed by atoms with Crippen LogP contribution in [0.1, 0.15) is 20.8 Å². The number of anilines is 1. The monoisotopic (exact) mass is 498 g/mol. The van der Waals surface area contributed by atoms with Gasteiger partial charge >= 0.3 is 0 Å². The molecule has 0 aromatic heterocycles. The number of para-hydroxylation sites is 1. The van der Waals surface area contributed by atoms with Crippen molar-refractivity contribution in [3.05, 3.63) is 84.9 Å². The summed E-state index contributed by atoms with van der Waals surface area (Å²) in [4.78, 5) is 12.8. The van der Waals surface area contributed by atoms with Crippen molar-refractivity contribution in [3.63, 3.8) is 0 Å². The Hall–Kier alpha value is -2.97. The maximum atomic E-state index is 13.4. The summed E-state index contributed by atoms with van der Waals surface area (Å²) in [7, 11) is -3.95. The normalized spacial score (nSPS) is 11.6. The Bertz CT molecular complexity index is 1160. The van der Waals surface area contributed by atoms with Gasteiger partial charge in [-0.05, 0) is 48.5 Å². The number of hydrogen-bond donors (Lipinski definition) is 1. The minimum Gasteiger partial charge on any atom is -0.457 e. The molecule has 0 aliphatic heterocycles. The highest BCUT2D eigenvalue weighted by Gasteiger charge is 2.27. The quantitative estimate of drug-likeness (QED) is 0.383. The Balaban J connectivity index is 1.78.